The Bertz CT molecular complexity index is 388. The number of halogens is 2. The molecule has 0 N–H and O–H groups in total. The Morgan fingerprint density at radius 1 is 1.00 bits per heavy atom. The number of rotatable bonds is 3. The first-order valence-electron chi connectivity index (χ1n) is 6.00. The van der Waals surface area contributed by atoms with Gasteiger partial charge in [-0.05, 0) is 5.92 Å². The fraction of sp³-hybridized carbons (Fsp3) is 0.833. The summed E-state index contributed by atoms with van der Waals surface area (Å²) in [6, 6.07) is 0. The van der Waals surface area contributed by atoms with E-state index in [0.29, 0.717) is 0 Å². The van der Waals surface area contributed by atoms with Gasteiger partial charge in [-0.3, -0.25) is 9.59 Å². The third-order valence-electron chi connectivity index (χ3n) is 3.87. The number of hydrogen-bond donors (Lipinski definition) is 0. The maximum atomic E-state index is 11.8. The first-order valence-corrected chi connectivity index (χ1v) is 7.83. The maximum Gasteiger partial charge on any atom is 0.309 e. The van der Waals surface area contributed by atoms with Crippen molar-refractivity contribution >= 4 is 43.8 Å². The van der Waals surface area contributed by atoms with E-state index in [2.05, 4.69) is 31.9 Å². The average Bonchev–Trinajstić information content (AvgIpc) is 3.10. The Morgan fingerprint density at radius 3 is 2.11 bits per heavy atom. The molecule has 2 aliphatic rings. The number of carbonyl (C=O) groups excluding carboxylic acids is 2. The summed E-state index contributed by atoms with van der Waals surface area (Å²) in [6.07, 6.45) is -0.709. The van der Waals surface area contributed by atoms with E-state index in [4.69, 9.17) is 14.2 Å². The Labute approximate surface area is 128 Å². The molecular weight excluding hydrogens is 384 g/mol. The standard InChI is InChI=1S/C12H16Br2O5/c1-4(15)19-10-6-5(7(6)12(16)18-3)8(13)9(14)11(10)17-2/h5-11H,1-3H3/t5-,6+,7+,8+,9-,10+,11+/m1/s1. The number of hydrogen-bond acceptors (Lipinski definition) is 5. The fourth-order valence-electron chi connectivity index (χ4n) is 3.04. The molecule has 7 atom stereocenters. The molecule has 0 aromatic rings. The number of ether oxygens (including phenoxy) is 3. The molecule has 2 saturated carbocycles. The predicted molar refractivity (Wildman–Crippen MR) is 74.3 cm³/mol. The van der Waals surface area contributed by atoms with Gasteiger partial charge >= 0.3 is 11.9 Å². The molecule has 7 heteroatoms. The van der Waals surface area contributed by atoms with Crippen molar-refractivity contribution in [3.05, 3.63) is 0 Å². The van der Waals surface area contributed by atoms with Gasteiger partial charge in [0.1, 0.15) is 12.2 Å². The van der Waals surface area contributed by atoms with Gasteiger partial charge < -0.3 is 14.2 Å². The van der Waals surface area contributed by atoms with Crippen molar-refractivity contribution in [2.75, 3.05) is 14.2 Å². The van der Waals surface area contributed by atoms with Crippen LogP contribution in [0.25, 0.3) is 0 Å². The SMILES string of the molecule is COC(=O)[C@@H]1[C@H]2[C@H](OC(C)=O)[C@@H](OC)[C@H](Br)[C@@H](Br)[C@@H]12. The van der Waals surface area contributed by atoms with Crippen LogP contribution in [0, 0.1) is 17.8 Å². The normalized spacial score (nSPS) is 44.2. The van der Waals surface area contributed by atoms with E-state index in [1.165, 1.54) is 14.0 Å². The number of fused-ring (bicyclic) bond motifs is 1. The summed E-state index contributed by atoms with van der Waals surface area (Å²) in [7, 11) is 2.95. The lowest BCUT2D eigenvalue weighted by molar-refractivity contribution is -0.158. The zero-order valence-electron chi connectivity index (χ0n) is 10.8. The first-order chi connectivity index (χ1) is 8.93. The molecule has 0 aromatic heterocycles. The average molecular weight is 400 g/mol. The van der Waals surface area contributed by atoms with E-state index in [0.717, 1.165) is 0 Å². The zero-order valence-corrected chi connectivity index (χ0v) is 14.0. The molecule has 0 aliphatic heterocycles. The highest BCUT2D eigenvalue weighted by atomic mass is 79.9. The summed E-state index contributed by atoms with van der Waals surface area (Å²) in [5.41, 5.74) is 0. The minimum absolute atomic E-state index is 0.0299. The van der Waals surface area contributed by atoms with E-state index in [1.54, 1.807) is 7.11 Å². The topological polar surface area (TPSA) is 61.8 Å². The van der Waals surface area contributed by atoms with Gasteiger partial charge in [0.05, 0.1) is 17.9 Å². The van der Waals surface area contributed by atoms with Crippen molar-refractivity contribution in [3.63, 3.8) is 0 Å². The fourth-order valence-corrected chi connectivity index (χ4v) is 4.89. The third kappa shape index (κ3) is 2.56. The monoisotopic (exact) mass is 398 g/mol. The number of carbonyl (C=O) groups is 2. The van der Waals surface area contributed by atoms with Gasteiger partial charge in [0.2, 0.25) is 0 Å². The second kappa shape index (κ2) is 5.69. The highest BCUT2D eigenvalue weighted by Gasteiger charge is 2.69. The second-order valence-corrected chi connectivity index (χ2v) is 6.98. The molecule has 0 saturated heterocycles. The van der Waals surface area contributed by atoms with Crippen LogP contribution in [0.5, 0.6) is 0 Å². The molecule has 0 spiro atoms. The highest BCUT2D eigenvalue weighted by molar-refractivity contribution is 9.12. The molecule has 0 amide bonds. The molecule has 108 valence electrons. The summed E-state index contributed by atoms with van der Waals surface area (Å²) >= 11 is 7.16. The third-order valence-corrected chi connectivity index (χ3v) is 6.85. The van der Waals surface area contributed by atoms with Crippen LogP contribution in [-0.4, -0.2) is 48.0 Å². The molecular formula is C12H16Br2O5. The number of methoxy groups -OCH3 is 2. The van der Waals surface area contributed by atoms with Crippen LogP contribution in [0.2, 0.25) is 0 Å². The van der Waals surface area contributed by atoms with Gasteiger partial charge in [0.25, 0.3) is 0 Å². The van der Waals surface area contributed by atoms with Crippen LogP contribution in [0.1, 0.15) is 6.92 Å². The predicted octanol–water partition coefficient (Wildman–Crippen LogP) is 1.51. The quantitative estimate of drug-likeness (QED) is 0.531. The molecule has 2 aliphatic carbocycles. The molecule has 2 fully saturated rings. The van der Waals surface area contributed by atoms with Gasteiger partial charge in [0, 0.05) is 24.8 Å². The first kappa shape index (κ1) is 15.3. The summed E-state index contributed by atoms with van der Waals surface area (Å²) in [4.78, 5) is 23.1. The Kier molecular flexibility index (Phi) is 4.57. The molecule has 0 radical (unpaired) electrons. The van der Waals surface area contributed by atoms with Gasteiger partial charge in [-0.15, -0.1) is 0 Å². The summed E-state index contributed by atoms with van der Waals surface area (Å²) in [5.74, 6) is -0.798. The van der Waals surface area contributed by atoms with Crippen LogP contribution in [0.4, 0.5) is 0 Å². The number of alkyl halides is 2. The zero-order chi connectivity index (χ0) is 14.3. The molecule has 0 unspecified atom stereocenters. The van der Waals surface area contributed by atoms with E-state index >= 15 is 0 Å². The van der Waals surface area contributed by atoms with Crippen molar-refractivity contribution in [2.45, 2.75) is 28.8 Å². The van der Waals surface area contributed by atoms with Crippen LogP contribution < -0.4 is 0 Å². The van der Waals surface area contributed by atoms with E-state index in [1.807, 2.05) is 0 Å². The molecule has 0 bridgehead atoms. The van der Waals surface area contributed by atoms with Crippen molar-refractivity contribution in [2.24, 2.45) is 17.8 Å². The summed E-state index contributed by atoms with van der Waals surface area (Å²) < 4.78 is 15.6. The highest BCUT2D eigenvalue weighted by Crippen LogP contribution is 2.60. The van der Waals surface area contributed by atoms with Crippen LogP contribution in [-0.2, 0) is 23.8 Å². The Balaban J connectivity index is 2.24. The van der Waals surface area contributed by atoms with Crippen LogP contribution >= 0.6 is 31.9 Å². The minimum Gasteiger partial charge on any atom is -0.469 e. The molecule has 5 nitrogen and oxygen atoms in total. The van der Waals surface area contributed by atoms with E-state index in [9.17, 15) is 9.59 Å². The maximum absolute atomic E-state index is 11.8. The van der Waals surface area contributed by atoms with E-state index in [-0.39, 0.29) is 45.5 Å². The molecule has 0 aromatic carbocycles. The molecule has 2 rings (SSSR count). The Hall–Kier alpha value is -0.140. The smallest absolute Gasteiger partial charge is 0.309 e. The van der Waals surface area contributed by atoms with Gasteiger partial charge in [-0.1, -0.05) is 31.9 Å². The summed E-state index contributed by atoms with van der Waals surface area (Å²) in [5, 5.41) is 0. The van der Waals surface area contributed by atoms with Crippen molar-refractivity contribution in [3.8, 4) is 0 Å². The summed E-state index contributed by atoms with van der Waals surface area (Å²) in [6.45, 7) is 1.36. The van der Waals surface area contributed by atoms with Gasteiger partial charge in [-0.2, -0.15) is 0 Å². The van der Waals surface area contributed by atoms with Gasteiger partial charge in [0.15, 0.2) is 0 Å². The minimum atomic E-state index is -0.422. The van der Waals surface area contributed by atoms with E-state index < -0.39 is 6.10 Å². The second-order valence-electron chi connectivity index (χ2n) is 4.87. The largest absolute Gasteiger partial charge is 0.469 e. The lowest BCUT2D eigenvalue weighted by Gasteiger charge is -2.35. The van der Waals surface area contributed by atoms with Gasteiger partial charge in [-0.25, -0.2) is 0 Å². The van der Waals surface area contributed by atoms with Crippen LogP contribution in [0.15, 0.2) is 0 Å². The van der Waals surface area contributed by atoms with Crippen molar-refractivity contribution in [1.29, 1.82) is 0 Å². The number of esters is 2. The lowest BCUT2D eigenvalue weighted by atomic mass is 9.94. The Morgan fingerprint density at radius 2 is 1.63 bits per heavy atom. The van der Waals surface area contributed by atoms with Crippen molar-refractivity contribution in [1.82, 2.24) is 0 Å². The van der Waals surface area contributed by atoms with Crippen molar-refractivity contribution < 1.29 is 23.8 Å². The van der Waals surface area contributed by atoms with Crippen LogP contribution in [0.3, 0.4) is 0 Å². The molecule has 19 heavy (non-hydrogen) atoms. The molecule has 0 heterocycles. The lowest BCUT2D eigenvalue weighted by Crippen LogP contribution is -2.48.